The van der Waals surface area contributed by atoms with E-state index in [1.807, 2.05) is 0 Å². The monoisotopic (exact) mass is 335 g/mol. The summed E-state index contributed by atoms with van der Waals surface area (Å²) in [5.41, 5.74) is 0. The summed E-state index contributed by atoms with van der Waals surface area (Å²) < 4.78 is 60.9. The maximum absolute atomic E-state index is 12.6. The molecule has 1 N–H and O–H groups in total. The zero-order valence-electron chi connectivity index (χ0n) is 11.2. The van der Waals surface area contributed by atoms with Crippen molar-refractivity contribution >= 4 is 16.0 Å². The van der Waals surface area contributed by atoms with E-state index in [0.717, 1.165) is 31.6 Å². The fourth-order valence-electron chi connectivity index (χ4n) is 1.56. The molecule has 8 nitrogen and oxygen atoms in total. The highest BCUT2D eigenvalue weighted by molar-refractivity contribution is 7.89. The predicted molar refractivity (Wildman–Crippen MR) is 67.6 cm³/mol. The number of methoxy groups -OCH3 is 1. The van der Waals surface area contributed by atoms with E-state index in [9.17, 15) is 22.0 Å². The number of carbonyl (C=O) groups excluding carboxylic acids is 1. The van der Waals surface area contributed by atoms with Gasteiger partial charge in [-0.1, -0.05) is 0 Å². The topological polar surface area (TPSA) is 103 Å². The van der Waals surface area contributed by atoms with Crippen LogP contribution >= 0.6 is 0 Å². The number of halogens is 2. The van der Waals surface area contributed by atoms with Crippen LogP contribution in [0.2, 0.25) is 0 Å². The molecule has 0 aliphatic carbocycles. The Balaban J connectivity index is 2.13. The third-order valence-electron chi connectivity index (χ3n) is 2.61. The van der Waals surface area contributed by atoms with Crippen molar-refractivity contribution in [2.24, 2.45) is 0 Å². The van der Waals surface area contributed by atoms with Crippen molar-refractivity contribution in [3.63, 3.8) is 0 Å². The van der Waals surface area contributed by atoms with Crippen LogP contribution in [0.4, 0.5) is 8.78 Å². The fourth-order valence-corrected chi connectivity index (χ4v) is 2.47. The van der Waals surface area contributed by atoms with Gasteiger partial charge in [0, 0.05) is 12.4 Å². The molecule has 2 aromatic rings. The first kappa shape index (κ1) is 16.1. The van der Waals surface area contributed by atoms with Crippen LogP contribution in [-0.4, -0.2) is 31.0 Å². The van der Waals surface area contributed by atoms with Gasteiger partial charge in [0.25, 0.3) is 10.0 Å². The van der Waals surface area contributed by atoms with E-state index in [1.165, 1.54) is 0 Å². The lowest BCUT2D eigenvalue weighted by atomic mass is 10.5. The molecule has 0 saturated heterocycles. The number of imidazole rings is 1. The molecule has 0 radical (unpaired) electrons. The number of nitrogens with zero attached hydrogens (tertiary/aromatic N) is 2. The molecule has 0 aliphatic rings. The van der Waals surface area contributed by atoms with Gasteiger partial charge in [0.15, 0.2) is 0 Å². The minimum Gasteiger partial charge on any atom is -0.463 e. The second-order valence-electron chi connectivity index (χ2n) is 3.96. The maximum atomic E-state index is 12.6. The molecule has 0 amide bonds. The van der Waals surface area contributed by atoms with Crippen molar-refractivity contribution < 1.29 is 31.1 Å². The molecule has 2 aromatic heterocycles. The Morgan fingerprint density at radius 3 is 2.86 bits per heavy atom. The molecule has 0 aromatic carbocycles. The van der Waals surface area contributed by atoms with Crippen LogP contribution in [0.25, 0.3) is 0 Å². The molecule has 120 valence electrons. The standard InChI is InChI=1S/C11H11F2N3O5S/c1-20-10(17)7-2-3-9(21-7)22(18,19)15-6-8-14-4-5-16(8)11(12)13/h2-5,11,15H,6H2,1H3. The lowest BCUT2D eigenvalue weighted by Gasteiger charge is -2.07. The maximum Gasteiger partial charge on any atom is 0.374 e. The average Bonchev–Trinajstić information content (AvgIpc) is 3.13. The minimum atomic E-state index is -4.12. The number of rotatable bonds is 6. The van der Waals surface area contributed by atoms with Crippen LogP contribution in [0.5, 0.6) is 0 Å². The van der Waals surface area contributed by atoms with Crippen molar-refractivity contribution in [3.05, 3.63) is 36.1 Å². The number of nitrogens with one attached hydrogen (secondary N) is 1. The van der Waals surface area contributed by atoms with E-state index >= 15 is 0 Å². The number of esters is 1. The van der Waals surface area contributed by atoms with Crippen LogP contribution in [0.3, 0.4) is 0 Å². The Labute approximate surface area is 123 Å². The molecule has 2 heterocycles. The van der Waals surface area contributed by atoms with Gasteiger partial charge in [0.05, 0.1) is 13.7 Å². The Hall–Kier alpha value is -2.27. The van der Waals surface area contributed by atoms with Crippen molar-refractivity contribution in [2.75, 3.05) is 7.11 Å². The molecule has 2 rings (SSSR count). The number of sulfonamides is 1. The number of furan rings is 1. The third kappa shape index (κ3) is 3.31. The Kier molecular flexibility index (Phi) is 4.56. The number of carbonyl (C=O) groups is 1. The molecule has 0 atom stereocenters. The molecule has 0 spiro atoms. The molecule has 0 fully saturated rings. The van der Waals surface area contributed by atoms with Crippen LogP contribution in [0.15, 0.2) is 34.0 Å². The highest BCUT2D eigenvalue weighted by Crippen LogP contribution is 2.16. The first-order valence-electron chi connectivity index (χ1n) is 5.83. The molecular formula is C11H11F2N3O5S. The van der Waals surface area contributed by atoms with Crippen LogP contribution in [0, 0.1) is 0 Å². The van der Waals surface area contributed by atoms with Crippen molar-refractivity contribution in [3.8, 4) is 0 Å². The molecular weight excluding hydrogens is 324 g/mol. The predicted octanol–water partition coefficient (Wildman–Crippen LogP) is 1.14. The first-order chi connectivity index (χ1) is 10.3. The Morgan fingerprint density at radius 2 is 2.23 bits per heavy atom. The fraction of sp³-hybridized carbons (Fsp3) is 0.273. The van der Waals surface area contributed by atoms with Gasteiger partial charge in [0.1, 0.15) is 5.82 Å². The van der Waals surface area contributed by atoms with Gasteiger partial charge in [-0.05, 0) is 12.1 Å². The smallest absolute Gasteiger partial charge is 0.374 e. The molecule has 0 unspecified atom stereocenters. The quantitative estimate of drug-likeness (QED) is 0.794. The lowest BCUT2D eigenvalue weighted by molar-refractivity contribution is 0.0558. The molecule has 0 saturated carbocycles. The molecule has 22 heavy (non-hydrogen) atoms. The van der Waals surface area contributed by atoms with Gasteiger partial charge in [0.2, 0.25) is 10.9 Å². The number of alkyl halides is 2. The Bertz CT molecular complexity index is 768. The second kappa shape index (κ2) is 6.23. The molecule has 0 aliphatic heterocycles. The second-order valence-corrected chi connectivity index (χ2v) is 5.66. The van der Waals surface area contributed by atoms with Gasteiger partial charge in [-0.3, -0.25) is 4.57 Å². The summed E-state index contributed by atoms with van der Waals surface area (Å²) in [6.07, 6.45) is 2.15. The largest absolute Gasteiger partial charge is 0.463 e. The van der Waals surface area contributed by atoms with E-state index in [4.69, 9.17) is 4.42 Å². The Morgan fingerprint density at radius 1 is 1.50 bits per heavy atom. The number of hydrogen-bond donors (Lipinski definition) is 1. The van der Waals surface area contributed by atoms with E-state index < -0.39 is 34.2 Å². The van der Waals surface area contributed by atoms with Crippen LogP contribution in [-0.2, 0) is 21.3 Å². The summed E-state index contributed by atoms with van der Waals surface area (Å²) in [5, 5.41) is -0.539. The summed E-state index contributed by atoms with van der Waals surface area (Å²) in [5.74, 6) is -1.30. The van der Waals surface area contributed by atoms with Crippen LogP contribution < -0.4 is 4.72 Å². The third-order valence-corrected chi connectivity index (χ3v) is 3.89. The lowest BCUT2D eigenvalue weighted by Crippen LogP contribution is -2.24. The van der Waals surface area contributed by atoms with Crippen molar-refractivity contribution in [2.45, 2.75) is 18.2 Å². The number of hydrogen-bond acceptors (Lipinski definition) is 6. The minimum absolute atomic E-state index is 0.168. The summed E-state index contributed by atoms with van der Waals surface area (Å²) >= 11 is 0. The van der Waals surface area contributed by atoms with E-state index in [-0.39, 0.29) is 11.6 Å². The summed E-state index contributed by atoms with van der Waals surface area (Å²) in [6.45, 7) is -3.30. The molecule has 0 bridgehead atoms. The normalized spacial score (nSPS) is 11.8. The van der Waals surface area contributed by atoms with E-state index in [2.05, 4.69) is 14.4 Å². The van der Waals surface area contributed by atoms with Crippen molar-refractivity contribution in [1.29, 1.82) is 0 Å². The SMILES string of the molecule is COC(=O)c1ccc(S(=O)(=O)NCc2nccn2C(F)F)o1. The van der Waals surface area contributed by atoms with E-state index in [1.54, 1.807) is 0 Å². The summed E-state index contributed by atoms with van der Waals surface area (Å²) in [4.78, 5) is 14.8. The zero-order valence-corrected chi connectivity index (χ0v) is 12.0. The van der Waals surface area contributed by atoms with Gasteiger partial charge in [-0.2, -0.15) is 8.78 Å². The van der Waals surface area contributed by atoms with Crippen molar-refractivity contribution in [1.82, 2.24) is 14.3 Å². The number of aromatic nitrogens is 2. The van der Waals surface area contributed by atoms with Gasteiger partial charge < -0.3 is 9.15 Å². The highest BCUT2D eigenvalue weighted by atomic mass is 32.2. The van der Waals surface area contributed by atoms with Gasteiger partial charge in [-0.25, -0.2) is 22.9 Å². The average molecular weight is 335 g/mol. The number of ether oxygens (including phenoxy) is 1. The van der Waals surface area contributed by atoms with Gasteiger partial charge in [-0.15, -0.1) is 0 Å². The molecule has 11 heteroatoms. The summed E-state index contributed by atoms with van der Waals surface area (Å²) in [7, 11) is -3.01. The first-order valence-corrected chi connectivity index (χ1v) is 7.31. The summed E-state index contributed by atoms with van der Waals surface area (Å²) in [6, 6.07) is 2.18. The van der Waals surface area contributed by atoms with E-state index in [0.29, 0.717) is 4.57 Å². The van der Waals surface area contributed by atoms with Gasteiger partial charge >= 0.3 is 12.5 Å². The highest BCUT2D eigenvalue weighted by Gasteiger charge is 2.22. The van der Waals surface area contributed by atoms with Crippen LogP contribution in [0.1, 0.15) is 22.9 Å². The zero-order chi connectivity index (χ0) is 16.3.